The molecule has 5 nitrogen and oxygen atoms in total. The largest absolute Gasteiger partial charge is 0.511 e. The van der Waals surface area contributed by atoms with Crippen LogP contribution >= 0.6 is 0 Å². The van der Waals surface area contributed by atoms with Crippen molar-refractivity contribution >= 4 is 17.6 Å². The molecule has 0 aromatic carbocycles. The molecular weight excluding hydrogens is 231 g/mol. The zero-order valence-electron chi connectivity index (χ0n) is 7.91. The fourth-order valence-electron chi connectivity index (χ4n) is 1.14. The van der Waals surface area contributed by atoms with Crippen LogP contribution < -0.4 is 0 Å². The van der Waals surface area contributed by atoms with E-state index in [0.717, 1.165) is 7.11 Å². The Bertz CT molecular complexity index is 397. The Morgan fingerprint density at radius 1 is 1.56 bits per heavy atom. The van der Waals surface area contributed by atoms with Gasteiger partial charge in [-0.2, -0.15) is 13.2 Å². The third-order valence-electron chi connectivity index (χ3n) is 1.80. The predicted octanol–water partition coefficient (Wildman–Crippen LogP) is 0.761. The van der Waals surface area contributed by atoms with Crippen LogP contribution in [0.15, 0.2) is 16.8 Å². The van der Waals surface area contributed by atoms with Crippen molar-refractivity contribution in [2.75, 3.05) is 7.11 Å². The molecule has 0 aliphatic carbocycles. The van der Waals surface area contributed by atoms with E-state index >= 15 is 0 Å². The highest BCUT2D eigenvalue weighted by Gasteiger charge is 2.48. The van der Waals surface area contributed by atoms with Crippen LogP contribution in [0.3, 0.4) is 0 Å². The molecule has 0 spiro atoms. The maximum atomic E-state index is 12.4. The van der Waals surface area contributed by atoms with E-state index in [1.165, 1.54) is 0 Å². The molecule has 16 heavy (non-hydrogen) atoms. The highest BCUT2D eigenvalue weighted by Crippen LogP contribution is 2.29. The first-order valence-electron chi connectivity index (χ1n) is 3.95. The molecule has 0 fully saturated rings. The van der Waals surface area contributed by atoms with Gasteiger partial charge in [-0.25, -0.2) is 4.99 Å². The average Bonchev–Trinajstić information content (AvgIpc) is 2.14. The van der Waals surface area contributed by atoms with Gasteiger partial charge in [0, 0.05) is 6.08 Å². The summed E-state index contributed by atoms with van der Waals surface area (Å²) in [4.78, 5) is 24.4. The zero-order chi connectivity index (χ0) is 12.5. The molecule has 0 saturated heterocycles. The lowest BCUT2D eigenvalue weighted by Crippen LogP contribution is -2.40. The predicted molar refractivity (Wildman–Crippen MR) is 44.7 cm³/mol. The Hall–Kier alpha value is -1.86. The topological polar surface area (TPSA) is 76.0 Å². The second kappa shape index (κ2) is 3.95. The average molecular weight is 237 g/mol. The van der Waals surface area contributed by atoms with Crippen LogP contribution in [0.25, 0.3) is 0 Å². The number of esters is 1. The van der Waals surface area contributed by atoms with Crippen molar-refractivity contribution < 1.29 is 32.6 Å². The Labute approximate surface area is 87.2 Å². The summed E-state index contributed by atoms with van der Waals surface area (Å²) < 4.78 is 41.3. The third kappa shape index (κ3) is 2.20. The zero-order valence-corrected chi connectivity index (χ0v) is 7.91. The van der Waals surface area contributed by atoms with E-state index in [0.29, 0.717) is 6.08 Å². The van der Waals surface area contributed by atoms with Crippen LogP contribution in [0.2, 0.25) is 0 Å². The molecule has 1 atom stereocenters. The number of carbonyl (C=O) groups is 2. The van der Waals surface area contributed by atoms with Gasteiger partial charge >= 0.3 is 12.1 Å². The third-order valence-corrected chi connectivity index (χ3v) is 1.80. The first kappa shape index (κ1) is 12.2. The number of carbonyl (C=O) groups excluding carboxylic acids is 2. The molecule has 88 valence electrons. The fourth-order valence-corrected chi connectivity index (χ4v) is 1.14. The van der Waals surface area contributed by atoms with Gasteiger partial charge in [-0.15, -0.1) is 0 Å². The molecule has 8 heteroatoms. The molecule has 0 radical (unpaired) electrons. The molecule has 0 aromatic heterocycles. The summed E-state index contributed by atoms with van der Waals surface area (Å²) in [5.74, 6) is -5.73. The molecule has 1 aliphatic rings. The maximum absolute atomic E-state index is 12.4. The summed E-state index contributed by atoms with van der Waals surface area (Å²) in [7, 11) is 0.861. The van der Waals surface area contributed by atoms with Crippen molar-refractivity contribution in [1.82, 2.24) is 0 Å². The van der Waals surface area contributed by atoms with Gasteiger partial charge in [-0.05, 0) is 0 Å². The molecule has 1 unspecified atom stereocenters. The minimum Gasteiger partial charge on any atom is -0.511 e. The Balaban J connectivity index is 3.21. The number of aliphatic hydroxyl groups is 1. The summed E-state index contributed by atoms with van der Waals surface area (Å²) >= 11 is 0. The van der Waals surface area contributed by atoms with Gasteiger partial charge in [-0.3, -0.25) is 9.59 Å². The Morgan fingerprint density at radius 2 is 2.12 bits per heavy atom. The van der Waals surface area contributed by atoms with Crippen LogP contribution in [0.5, 0.6) is 0 Å². The first-order valence-corrected chi connectivity index (χ1v) is 3.95. The number of halogens is 3. The number of methoxy groups -OCH3 is 1. The summed E-state index contributed by atoms with van der Waals surface area (Å²) in [6, 6.07) is 0. The van der Waals surface area contributed by atoms with E-state index in [-0.39, 0.29) is 0 Å². The van der Waals surface area contributed by atoms with Crippen molar-refractivity contribution in [3.05, 3.63) is 11.8 Å². The summed E-state index contributed by atoms with van der Waals surface area (Å²) in [5, 5.41) is 9.13. The normalized spacial score (nSPS) is 21.2. The molecular formula is C8H6F3NO4. The van der Waals surface area contributed by atoms with Crippen LogP contribution in [0.4, 0.5) is 13.2 Å². The van der Waals surface area contributed by atoms with Crippen LogP contribution in [-0.2, 0) is 14.3 Å². The highest BCUT2D eigenvalue weighted by atomic mass is 19.4. The maximum Gasteiger partial charge on any atom is 0.430 e. The van der Waals surface area contributed by atoms with Gasteiger partial charge in [0.2, 0.25) is 0 Å². The van der Waals surface area contributed by atoms with E-state index in [1.54, 1.807) is 0 Å². The number of alkyl halides is 3. The van der Waals surface area contributed by atoms with E-state index in [9.17, 15) is 22.8 Å². The number of hydrogen-bond donors (Lipinski definition) is 1. The lowest BCUT2D eigenvalue weighted by atomic mass is 9.97. The van der Waals surface area contributed by atoms with Crippen molar-refractivity contribution in [3.8, 4) is 0 Å². The lowest BCUT2D eigenvalue weighted by Gasteiger charge is -2.20. The van der Waals surface area contributed by atoms with Gasteiger partial charge in [-0.1, -0.05) is 0 Å². The standard InChI is InChI=1S/C8H6F3NO4/c1-16-7(15)5-3(13)2-4(14)12-6(5)8(9,10)11/h2,5,13H,1H3. The number of dihydropyridines is 1. The quantitative estimate of drug-likeness (QED) is 0.683. The van der Waals surface area contributed by atoms with Gasteiger partial charge in [0.15, 0.2) is 5.92 Å². The van der Waals surface area contributed by atoms with Crippen LogP contribution in [0, 0.1) is 5.92 Å². The van der Waals surface area contributed by atoms with Crippen LogP contribution in [-0.4, -0.2) is 36.0 Å². The van der Waals surface area contributed by atoms with E-state index in [1.807, 2.05) is 0 Å². The summed E-state index contributed by atoms with van der Waals surface area (Å²) in [6.45, 7) is 0. The minimum absolute atomic E-state index is 0.441. The smallest absolute Gasteiger partial charge is 0.430 e. The van der Waals surface area contributed by atoms with Gasteiger partial charge in [0.25, 0.3) is 5.91 Å². The summed E-state index contributed by atoms with van der Waals surface area (Å²) in [5.41, 5.74) is -1.68. The van der Waals surface area contributed by atoms with E-state index in [2.05, 4.69) is 9.73 Å². The molecule has 1 heterocycles. The molecule has 1 amide bonds. The fraction of sp³-hybridized carbons (Fsp3) is 0.375. The molecule has 1 N–H and O–H groups in total. The molecule has 1 rings (SSSR count). The van der Waals surface area contributed by atoms with Crippen molar-refractivity contribution in [1.29, 1.82) is 0 Å². The number of aliphatic imine (C=N–C) groups is 1. The second-order valence-electron chi connectivity index (χ2n) is 2.86. The van der Waals surface area contributed by atoms with Crippen molar-refractivity contribution in [3.63, 3.8) is 0 Å². The van der Waals surface area contributed by atoms with Crippen LogP contribution in [0.1, 0.15) is 0 Å². The molecule has 1 aliphatic heterocycles. The van der Waals surface area contributed by atoms with Gasteiger partial charge in [0.1, 0.15) is 11.5 Å². The highest BCUT2D eigenvalue weighted by molar-refractivity contribution is 6.15. The number of rotatable bonds is 1. The van der Waals surface area contributed by atoms with Crippen molar-refractivity contribution in [2.45, 2.75) is 6.18 Å². The number of aliphatic hydroxyl groups excluding tert-OH is 1. The SMILES string of the molecule is COC(=O)C1C(O)=CC(=O)N=C1C(F)(F)F. The van der Waals surface area contributed by atoms with Gasteiger partial charge < -0.3 is 9.84 Å². The molecule has 0 saturated carbocycles. The Kier molecular flexibility index (Phi) is 3.02. The van der Waals surface area contributed by atoms with Crippen molar-refractivity contribution in [2.24, 2.45) is 10.9 Å². The minimum atomic E-state index is -4.99. The monoisotopic (exact) mass is 237 g/mol. The molecule has 0 bridgehead atoms. The number of nitrogens with zero attached hydrogens (tertiary/aromatic N) is 1. The first-order chi connectivity index (χ1) is 7.27. The second-order valence-corrected chi connectivity index (χ2v) is 2.86. The van der Waals surface area contributed by atoms with Gasteiger partial charge in [0.05, 0.1) is 7.11 Å². The lowest BCUT2D eigenvalue weighted by molar-refractivity contribution is -0.144. The van der Waals surface area contributed by atoms with E-state index in [4.69, 9.17) is 5.11 Å². The Morgan fingerprint density at radius 3 is 2.56 bits per heavy atom. The number of hydrogen-bond acceptors (Lipinski definition) is 4. The number of ether oxygens (including phenoxy) is 1. The molecule has 0 aromatic rings. The van der Waals surface area contributed by atoms with E-state index < -0.39 is 35.4 Å². The number of amides is 1. The summed E-state index contributed by atoms with van der Waals surface area (Å²) in [6.07, 6.45) is -4.55.